The first-order chi connectivity index (χ1) is 12.9. The second kappa shape index (κ2) is 10.4. The number of sulfonamides is 1. The number of nitrogens with one attached hydrogen (secondary N) is 1. The zero-order valence-corrected chi connectivity index (χ0v) is 18.7. The van der Waals surface area contributed by atoms with E-state index in [0.29, 0.717) is 23.8 Å². The Morgan fingerprint density at radius 3 is 2.52 bits per heavy atom. The third-order valence-corrected chi connectivity index (χ3v) is 8.64. The fraction of sp³-hybridized carbons (Fsp3) is 0.737. The van der Waals surface area contributed by atoms with Crippen LogP contribution >= 0.6 is 11.3 Å². The van der Waals surface area contributed by atoms with Crippen LogP contribution in [0.1, 0.15) is 45.4 Å². The van der Waals surface area contributed by atoms with E-state index in [4.69, 9.17) is 4.99 Å². The third kappa shape index (κ3) is 5.93. The van der Waals surface area contributed by atoms with E-state index in [1.54, 1.807) is 6.07 Å². The summed E-state index contributed by atoms with van der Waals surface area (Å²) in [6, 6.07) is 3.65. The molecule has 6 nitrogen and oxygen atoms in total. The third-order valence-electron chi connectivity index (χ3n) is 4.97. The maximum Gasteiger partial charge on any atom is 0.252 e. The molecule has 1 saturated heterocycles. The highest BCUT2D eigenvalue weighted by Gasteiger charge is 2.23. The van der Waals surface area contributed by atoms with Crippen molar-refractivity contribution in [3.63, 3.8) is 0 Å². The van der Waals surface area contributed by atoms with Crippen LogP contribution < -0.4 is 5.32 Å². The summed E-state index contributed by atoms with van der Waals surface area (Å²) >= 11 is 1.37. The van der Waals surface area contributed by atoms with Gasteiger partial charge in [0.1, 0.15) is 4.21 Å². The zero-order chi connectivity index (χ0) is 19.9. The van der Waals surface area contributed by atoms with Gasteiger partial charge >= 0.3 is 0 Å². The summed E-state index contributed by atoms with van der Waals surface area (Å²) < 4.78 is 27.1. The summed E-state index contributed by atoms with van der Waals surface area (Å²) in [5.41, 5.74) is 0. The van der Waals surface area contributed by atoms with Crippen molar-refractivity contribution in [2.24, 2.45) is 10.9 Å². The van der Waals surface area contributed by atoms with Gasteiger partial charge in [0.15, 0.2) is 5.96 Å². The molecule has 0 saturated carbocycles. The highest BCUT2D eigenvalue weighted by atomic mass is 32.2. The van der Waals surface area contributed by atoms with Crippen LogP contribution in [-0.4, -0.2) is 62.9 Å². The fourth-order valence-corrected chi connectivity index (χ4v) is 6.20. The lowest BCUT2D eigenvalue weighted by Gasteiger charge is -2.33. The molecule has 0 spiro atoms. The molecule has 154 valence electrons. The normalized spacial score (nSPS) is 16.9. The Labute approximate surface area is 168 Å². The minimum atomic E-state index is -3.36. The van der Waals surface area contributed by atoms with Crippen molar-refractivity contribution in [1.82, 2.24) is 14.5 Å². The first-order valence-electron chi connectivity index (χ1n) is 10.0. The zero-order valence-electron chi connectivity index (χ0n) is 17.1. The molecule has 8 heteroatoms. The number of likely N-dealkylation sites (tertiary alicyclic amines) is 1. The number of aliphatic imine (C=N–C) groups is 1. The lowest BCUT2D eigenvalue weighted by atomic mass is 10.00. The Morgan fingerprint density at radius 2 is 1.93 bits per heavy atom. The maximum atomic E-state index is 12.6. The average molecular weight is 415 g/mol. The van der Waals surface area contributed by atoms with E-state index in [1.165, 1.54) is 28.5 Å². The van der Waals surface area contributed by atoms with Crippen LogP contribution in [0.4, 0.5) is 0 Å². The second-order valence-electron chi connectivity index (χ2n) is 6.97. The van der Waals surface area contributed by atoms with E-state index in [0.717, 1.165) is 42.8 Å². The Hall–Kier alpha value is -1.12. The van der Waals surface area contributed by atoms with Gasteiger partial charge in [-0.2, -0.15) is 4.31 Å². The van der Waals surface area contributed by atoms with Crippen molar-refractivity contribution < 1.29 is 8.42 Å². The van der Waals surface area contributed by atoms with Crippen LogP contribution in [0.3, 0.4) is 0 Å². The minimum absolute atomic E-state index is 0.433. The first-order valence-corrected chi connectivity index (χ1v) is 12.3. The molecule has 0 radical (unpaired) electrons. The van der Waals surface area contributed by atoms with Gasteiger partial charge in [-0.15, -0.1) is 11.3 Å². The van der Waals surface area contributed by atoms with E-state index < -0.39 is 10.0 Å². The fourth-order valence-electron chi connectivity index (χ4n) is 3.24. The number of piperidine rings is 1. The molecular weight excluding hydrogens is 380 g/mol. The van der Waals surface area contributed by atoms with Crippen molar-refractivity contribution in [1.29, 1.82) is 0 Å². The average Bonchev–Trinajstić information content (AvgIpc) is 3.12. The van der Waals surface area contributed by atoms with Gasteiger partial charge in [-0.05, 0) is 37.8 Å². The SMILES string of the molecule is CCNC(=NCCc1ccc(S(=O)(=O)N(CC)CC)s1)N1CCC(C)CC1. The lowest BCUT2D eigenvalue weighted by Crippen LogP contribution is -2.45. The molecule has 27 heavy (non-hydrogen) atoms. The van der Waals surface area contributed by atoms with Crippen LogP contribution in [0, 0.1) is 5.92 Å². The molecular formula is C19H34N4O2S2. The van der Waals surface area contributed by atoms with Crippen molar-refractivity contribution in [3.8, 4) is 0 Å². The summed E-state index contributed by atoms with van der Waals surface area (Å²) in [4.78, 5) is 8.18. The van der Waals surface area contributed by atoms with Gasteiger partial charge in [-0.25, -0.2) is 8.42 Å². The standard InChI is InChI=1S/C19H34N4O2S2/c1-5-20-19(22-14-11-16(4)12-15-22)21-13-10-17-8-9-18(26-17)27(24,25)23(6-2)7-3/h8-9,16H,5-7,10-15H2,1-4H3,(H,20,21). The quantitative estimate of drug-likeness (QED) is 0.525. The topological polar surface area (TPSA) is 65.0 Å². The summed E-state index contributed by atoms with van der Waals surface area (Å²) in [5.74, 6) is 1.78. The molecule has 0 aromatic carbocycles. The number of rotatable bonds is 8. The monoisotopic (exact) mass is 414 g/mol. The molecule has 1 aliphatic rings. The van der Waals surface area contributed by atoms with Crippen LogP contribution in [0.25, 0.3) is 0 Å². The summed E-state index contributed by atoms with van der Waals surface area (Å²) in [6.07, 6.45) is 3.18. The van der Waals surface area contributed by atoms with Gasteiger partial charge in [0.05, 0.1) is 0 Å². The summed E-state index contributed by atoms with van der Waals surface area (Å²) in [6.45, 7) is 12.8. The Bertz CT molecular complexity index is 703. The van der Waals surface area contributed by atoms with Crippen LogP contribution in [-0.2, 0) is 16.4 Å². The number of hydrogen-bond acceptors (Lipinski definition) is 4. The molecule has 1 N–H and O–H groups in total. The smallest absolute Gasteiger partial charge is 0.252 e. The van der Waals surface area contributed by atoms with Gasteiger partial charge in [0.25, 0.3) is 10.0 Å². The highest BCUT2D eigenvalue weighted by molar-refractivity contribution is 7.91. The number of hydrogen-bond donors (Lipinski definition) is 1. The lowest BCUT2D eigenvalue weighted by molar-refractivity contribution is 0.273. The van der Waals surface area contributed by atoms with Crippen molar-refractivity contribution in [2.75, 3.05) is 39.3 Å². The molecule has 0 bridgehead atoms. The van der Waals surface area contributed by atoms with Crippen molar-refractivity contribution in [2.45, 2.75) is 51.2 Å². The van der Waals surface area contributed by atoms with Gasteiger partial charge in [0, 0.05) is 50.6 Å². The molecule has 0 amide bonds. The molecule has 1 aromatic heterocycles. The predicted octanol–water partition coefficient (Wildman–Crippen LogP) is 3.02. The Morgan fingerprint density at radius 1 is 1.26 bits per heavy atom. The van der Waals surface area contributed by atoms with Crippen molar-refractivity contribution in [3.05, 3.63) is 17.0 Å². The van der Waals surface area contributed by atoms with Gasteiger partial charge in [0.2, 0.25) is 0 Å². The van der Waals surface area contributed by atoms with Crippen LogP contribution in [0.2, 0.25) is 0 Å². The van der Waals surface area contributed by atoms with E-state index in [2.05, 4.69) is 24.1 Å². The molecule has 0 unspecified atom stereocenters. The predicted molar refractivity (Wildman–Crippen MR) is 114 cm³/mol. The number of thiophene rings is 1. The molecule has 2 rings (SSSR count). The number of nitrogens with zero attached hydrogens (tertiary/aromatic N) is 3. The molecule has 1 fully saturated rings. The van der Waals surface area contributed by atoms with Gasteiger partial charge in [-0.3, -0.25) is 4.99 Å². The largest absolute Gasteiger partial charge is 0.357 e. The Kier molecular flexibility index (Phi) is 8.57. The van der Waals surface area contributed by atoms with Crippen molar-refractivity contribution >= 4 is 27.3 Å². The van der Waals surface area contributed by atoms with E-state index in [-0.39, 0.29) is 0 Å². The maximum absolute atomic E-state index is 12.6. The van der Waals surface area contributed by atoms with Gasteiger partial charge in [-0.1, -0.05) is 20.8 Å². The summed E-state index contributed by atoms with van der Waals surface area (Å²) in [7, 11) is -3.36. The minimum Gasteiger partial charge on any atom is -0.357 e. The van der Waals surface area contributed by atoms with E-state index in [1.807, 2.05) is 19.9 Å². The van der Waals surface area contributed by atoms with Crippen LogP contribution in [0.15, 0.2) is 21.3 Å². The first kappa shape index (κ1) is 22.2. The molecule has 0 aliphatic carbocycles. The Balaban J connectivity index is 1.99. The highest BCUT2D eigenvalue weighted by Crippen LogP contribution is 2.25. The van der Waals surface area contributed by atoms with E-state index >= 15 is 0 Å². The summed E-state index contributed by atoms with van der Waals surface area (Å²) in [5, 5.41) is 3.39. The molecule has 1 aliphatic heterocycles. The second-order valence-corrected chi connectivity index (χ2v) is 10.3. The van der Waals surface area contributed by atoms with Gasteiger partial charge < -0.3 is 10.2 Å². The molecule has 0 atom stereocenters. The molecule has 2 heterocycles. The molecule has 1 aromatic rings. The van der Waals surface area contributed by atoms with E-state index in [9.17, 15) is 8.42 Å². The van der Waals surface area contributed by atoms with Crippen LogP contribution in [0.5, 0.6) is 0 Å². The number of guanidine groups is 1.